The molecule has 1 heterocycles. The zero-order chi connectivity index (χ0) is 14.5. The topological polar surface area (TPSA) is 54.4 Å². The van der Waals surface area contributed by atoms with Gasteiger partial charge >= 0.3 is 0 Å². The highest BCUT2D eigenvalue weighted by atomic mass is 16.5. The quantitative estimate of drug-likeness (QED) is 0.850. The Kier molecular flexibility index (Phi) is 4.93. The predicted octanol–water partition coefficient (Wildman–Crippen LogP) is 2.66. The van der Waals surface area contributed by atoms with Crippen LogP contribution >= 0.6 is 0 Å². The minimum atomic E-state index is -0.522. The van der Waals surface area contributed by atoms with Gasteiger partial charge in [-0.05, 0) is 44.5 Å². The molecule has 4 nitrogen and oxygen atoms in total. The number of nitrogens with zero attached hydrogens (tertiary/aromatic N) is 1. The van der Waals surface area contributed by atoms with Crippen molar-refractivity contribution in [2.75, 3.05) is 25.1 Å². The number of aryl methyl sites for hydroxylation is 2. The molecule has 4 heteroatoms. The highest BCUT2D eigenvalue weighted by Crippen LogP contribution is 2.21. The fourth-order valence-corrected chi connectivity index (χ4v) is 2.13. The zero-order valence-electron chi connectivity index (χ0n) is 12.3. The van der Waals surface area contributed by atoms with Gasteiger partial charge in [0.15, 0.2) is 0 Å². The van der Waals surface area contributed by atoms with E-state index >= 15 is 0 Å². The van der Waals surface area contributed by atoms with Gasteiger partial charge in [0.05, 0.1) is 18.2 Å². The second kappa shape index (κ2) is 6.68. The van der Waals surface area contributed by atoms with Gasteiger partial charge in [0.25, 0.3) is 0 Å². The average Bonchev–Trinajstić information content (AvgIpc) is 2.43. The monoisotopic (exact) mass is 274 g/mol. The van der Waals surface area contributed by atoms with Crippen molar-refractivity contribution in [3.63, 3.8) is 0 Å². The molecule has 0 radical (unpaired) electrons. The minimum absolute atomic E-state index is 0.343. The van der Waals surface area contributed by atoms with Crippen LogP contribution in [0.15, 0.2) is 24.3 Å². The molecule has 0 aliphatic rings. The number of aliphatic hydroxyl groups excluding tert-OH is 1. The molecule has 0 bridgehead atoms. The third-order valence-electron chi connectivity index (χ3n) is 3.20. The lowest BCUT2D eigenvalue weighted by atomic mass is 10.1. The van der Waals surface area contributed by atoms with E-state index in [0.717, 1.165) is 11.3 Å². The van der Waals surface area contributed by atoms with Gasteiger partial charge in [-0.3, -0.25) is 0 Å². The summed E-state index contributed by atoms with van der Waals surface area (Å²) in [5, 5.41) is 14.1. The van der Waals surface area contributed by atoms with Gasteiger partial charge < -0.3 is 15.2 Å². The molecule has 0 saturated carbocycles. The molecule has 0 unspecified atom stereocenters. The highest BCUT2D eigenvalue weighted by molar-refractivity contribution is 5.84. The van der Waals surface area contributed by atoms with E-state index in [9.17, 15) is 5.11 Å². The summed E-state index contributed by atoms with van der Waals surface area (Å²) in [7, 11) is 0. The van der Waals surface area contributed by atoms with Crippen molar-refractivity contribution in [2.24, 2.45) is 0 Å². The molecule has 1 atom stereocenters. The van der Waals surface area contributed by atoms with Gasteiger partial charge in [0.2, 0.25) is 0 Å². The number of aromatic nitrogens is 1. The molecular weight excluding hydrogens is 252 g/mol. The number of nitrogens with one attached hydrogen (secondary N) is 1. The zero-order valence-corrected chi connectivity index (χ0v) is 12.3. The van der Waals surface area contributed by atoms with Crippen LogP contribution < -0.4 is 5.32 Å². The molecule has 0 aliphatic carbocycles. The first-order valence-electron chi connectivity index (χ1n) is 6.98. The van der Waals surface area contributed by atoms with Crippen LogP contribution in [0, 0.1) is 13.8 Å². The lowest BCUT2D eigenvalue weighted by Crippen LogP contribution is -2.25. The van der Waals surface area contributed by atoms with Gasteiger partial charge in [0, 0.05) is 18.5 Å². The summed E-state index contributed by atoms with van der Waals surface area (Å²) in [6.07, 6.45) is -0.522. The van der Waals surface area contributed by atoms with Gasteiger partial charge in [-0.1, -0.05) is 11.6 Å². The number of fused-ring (bicyclic) bond motifs is 1. The molecule has 0 spiro atoms. The first kappa shape index (κ1) is 14.8. The van der Waals surface area contributed by atoms with Gasteiger partial charge in [-0.2, -0.15) is 0 Å². The van der Waals surface area contributed by atoms with Gasteiger partial charge in [-0.25, -0.2) is 4.98 Å². The Balaban J connectivity index is 2.09. The number of hydrogen-bond donors (Lipinski definition) is 2. The third-order valence-corrected chi connectivity index (χ3v) is 3.20. The van der Waals surface area contributed by atoms with Crippen molar-refractivity contribution in [1.82, 2.24) is 4.98 Å². The van der Waals surface area contributed by atoms with E-state index in [1.165, 1.54) is 16.5 Å². The molecule has 2 N–H and O–H groups in total. The normalized spacial score (nSPS) is 12.6. The number of anilines is 1. The summed E-state index contributed by atoms with van der Waals surface area (Å²) in [5.41, 5.74) is 3.38. The molecule has 1 aromatic carbocycles. The number of rotatable bonds is 6. The highest BCUT2D eigenvalue weighted by Gasteiger charge is 2.06. The SMILES string of the molecule is CCOC[C@H](O)CNc1cc(C)c2cc(C)ccc2n1. The molecule has 0 saturated heterocycles. The Hall–Kier alpha value is -1.65. The van der Waals surface area contributed by atoms with Crippen molar-refractivity contribution in [1.29, 1.82) is 0 Å². The Morgan fingerprint density at radius 1 is 1.30 bits per heavy atom. The minimum Gasteiger partial charge on any atom is -0.389 e. The van der Waals surface area contributed by atoms with Crippen LogP contribution in [-0.2, 0) is 4.74 Å². The molecule has 20 heavy (non-hydrogen) atoms. The van der Waals surface area contributed by atoms with E-state index < -0.39 is 6.10 Å². The smallest absolute Gasteiger partial charge is 0.127 e. The van der Waals surface area contributed by atoms with E-state index in [1.54, 1.807) is 0 Å². The third kappa shape index (κ3) is 3.68. The van der Waals surface area contributed by atoms with Crippen LogP contribution in [0.25, 0.3) is 10.9 Å². The van der Waals surface area contributed by atoms with Crippen molar-refractivity contribution in [3.05, 3.63) is 35.4 Å². The summed E-state index contributed by atoms with van der Waals surface area (Å²) in [6.45, 7) is 7.46. The fourth-order valence-electron chi connectivity index (χ4n) is 2.13. The summed E-state index contributed by atoms with van der Waals surface area (Å²) in [6, 6.07) is 8.24. The van der Waals surface area contributed by atoms with Crippen LogP contribution in [0.4, 0.5) is 5.82 Å². The number of benzene rings is 1. The van der Waals surface area contributed by atoms with E-state index in [0.29, 0.717) is 19.8 Å². The molecule has 1 aromatic heterocycles. The molecule has 2 rings (SSSR count). The summed E-state index contributed by atoms with van der Waals surface area (Å²) in [4.78, 5) is 4.57. The number of aliphatic hydroxyl groups is 1. The summed E-state index contributed by atoms with van der Waals surface area (Å²) in [5.74, 6) is 0.786. The second-order valence-corrected chi connectivity index (χ2v) is 5.04. The van der Waals surface area contributed by atoms with E-state index in [1.807, 2.05) is 19.1 Å². The van der Waals surface area contributed by atoms with Crippen LogP contribution in [0.2, 0.25) is 0 Å². The molecule has 108 valence electrons. The molecular formula is C16H22N2O2. The largest absolute Gasteiger partial charge is 0.389 e. The van der Waals surface area contributed by atoms with Gasteiger partial charge in [-0.15, -0.1) is 0 Å². The average molecular weight is 274 g/mol. The maximum atomic E-state index is 9.75. The van der Waals surface area contributed by atoms with Crippen LogP contribution in [0.3, 0.4) is 0 Å². The maximum absolute atomic E-state index is 9.75. The summed E-state index contributed by atoms with van der Waals surface area (Å²) < 4.78 is 5.18. The molecule has 0 amide bonds. The molecule has 0 fully saturated rings. The molecule has 0 aliphatic heterocycles. The Bertz CT molecular complexity index is 584. The van der Waals surface area contributed by atoms with Crippen molar-refractivity contribution in [2.45, 2.75) is 26.9 Å². The number of hydrogen-bond acceptors (Lipinski definition) is 4. The first-order valence-corrected chi connectivity index (χ1v) is 6.98. The van der Waals surface area contributed by atoms with Crippen molar-refractivity contribution in [3.8, 4) is 0 Å². The Morgan fingerprint density at radius 3 is 2.85 bits per heavy atom. The van der Waals surface area contributed by atoms with Crippen LogP contribution in [-0.4, -0.2) is 36.0 Å². The van der Waals surface area contributed by atoms with E-state index in [-0.39, 0.29) is 0 Å². The Morgan fingerprint density at radius 2 is 2.10 bits per heavy atom. The lowest BCUT2D eigenvalue weighted by molar-refractivity contribution is 0.0495. The predicted molar refractivity (Wildman–Crippen MR) is 82.2 cm³/mol. The van der Waals surface area contributed by atoms with E-state index in [4.69, 9.17) is 4.74 Å². The first-order chi connectivity index (χ1) is 9.60. The maximum Gasteiger partial charge on any atom is 0.127 e. The lowest BCUT2D eigenvalue weighted by Gasteiger charge is -2.13. The van der Waals surface area contributed by atoms with Crippen LogP contribution in [0.5, 0.6) is 0 Å². The fraction of sp³-hybridized carbons (Fsp3) is 0.438. The summed E-state index contributed by atoms with van der Waals surface area (Å²) >= 11 is 0. The van der Waals surface area contributed by atoms with Gasteiger partial charge in [0.1, 0.15) is 5.82 Å². The van der Waals surface area contributed by atoms with E-state index in [2.05, 4.69) is 36.3 Å². The number of ether oxygens (including phenoxy) is 1. The standard InChI is InChI=1S/C16H22N2O2/c1-4-20-10-13(19)9-17-16-8-12(3)14-7-11(2)5-6-15(14)18-16/h5-8,13,19H,4,9-10H2,1-3H3,(H,17,18)/t13-/m1/s1. The number of pyridine rings is 1. The molecule has 2 aromatic rings. The van der Waals surface area contributed by atoms with Crippen molar-refractivity contribution >= 4 is 16.7 Å². The van der Waals surface area contributed by atoms with Crippen molar-refractivity contribution < 1.29 is 9.84 Å². The van der Waals surface area contributed by atoms with Crippen LogP contribution in [0.1, 0.15) is 18.1 Å². The second-order valence-electron chi connectivity index (χ2n) is 5.04. The Labute approximate surface area is 119 Å².